The molecule has 0 N–H and O–H groups in total. The lowest BCUT2D eigenvalue weighted by molar-refractivity contribution is 0.00578. The van der Waals surface area contributed by atoms with E-state index in [4.69, 9.17) is 9.31 Å². The largest absolute Gasteiger partial charge is 0.494 e. The maximum absolute atomic E-state index is 6.14. The van der Waals surface area contributed by atoms with Gasteiger partial charge in [0.2, 0.25) is 0 Å². The molecule has 2 rings (SSSR count). The summed E-state index contributed by atoms with van der Waals surface area (Å²) in [5, 5.41) is 1.57. The Morgan fingerprint density at radius 2 is 1.23 bits per heavy atom. The molecule has 1 saturated heterocycles. The Bertz CT molecular complexity index is 482. The Labute approximate surface area is 137 Å². The molecule has 1 aliphatic rings. The van der Waals surface area contributed by atoms with Gasteiger partial charge in [-0.3, -0.25) is 0 Å². The number of hydrogen-bond acceptors (Lipinski definition) is 2. The van der Waals surface area contributed by atoms with Gasteiger partial charge in [-0.05, 0) is 33.2 Å². The van der Waals surface area contributed by atoms with Gasteiger partial charge < -0.3 is 9.31 Å². The molecule has 2 nitrogen and oxygen atoms in total. The van der Waals surface area contributed by atoms with Gasteiger partial charge in [0.05, 0.1) is 19.3 Å². The first kappa shape index (κ1) is 17.8. The second kappa shape index (κ2) is 6.14. The predicted octanol–water partition coefficient (Wildman–Crippen LogP) is 3.70. The van der Waals surface area contributed by atoms with Crippen LogP contribution in [0, 0.1) is 0 Å². The lowest BCUT2D eigenvalue weighted by atomic mass is 9.79. The standard InChI is InChI=1S/C18H31BO2Si/c1-8-22(9-2,10-3)16-13-11-15(12-14-16)19-20-17(4,5)18(6,7)21-19/h11-14H,8-10H2,1-7H3. The molecular weight excluding hydrogens is 287 g/mol. The monoisotopic (exact) mass is 318 g/mol. The van der Waals surface area contributed by atoms with Crippen LogP contribution in [0.2, 0.25) is 18.1 Å². The molecule has 1 aliphatic heterocycles. The van der Waals surface area contributed by atoms with Crippen molar-refractivity contribution in [2.24, 2.45) is 0 Å². The lowest BCUT2D eigenvalue weighted by Gasteiger charge is -2.32. The first-order valence-corrected chi connectivity index (χ1v) is 11.3. The zero-order chi connectivity index (χ0) is 16.6. The zero-order valence-corrected chi connectivity index (χ0v) is 16.3. The van der Waals surface area contributed by atoms with E-state index >= 15 is 0 Å². The molecule has 1 fully saturated rings. The van der Waals surface area contributed by atoms with Gasteiger partial charge in [0, 0.05) is 0 Å². The first-order chi connectivity index (χ1) is 10.2. The number of hydrogen-bond donors (Lipinski definition) is 0. The fraction of sp³-hybridized carbons (Fsp3) is 0.667. The maximum atomic E-state index is 6.14. The van der Waals surface area contributed by atoms with E-state index in [-0.39, 0.29) is 18.3 Å². The van der Waals surface area contributed by atoms with Crippen molar-refractivity contribution in [2.75, 3.05) is 0 Å². The highest BCUT2D eigenvalue weighted by molar-refractivity contribution is 6.91. The van der Waals surface area contributed by atoms with Crippen LogP contribution >= 0.6 is 0 Å². The van der Waals surface area contributed by atoms with Gasteiger partial charge in [-0.1, -0.05) is 68.4 Å². The quantitative estimate of drug-likeness (QED) is 0.771. The second-order valence-electron chi connectivity index (χ2n) is 7.55. The summed E-state index contributed by atoms with van der Waals surface area (Å²) in [6, 6.07) is 13.0. The summed E-state index contributed by atoms with van der Waals surface area (Å²) in [4.78, 5) is 0. The Hall–Kier alpha value is -0.578. The van der Waals surface area contributed by atoms with E-state index in [0.29, 0.717) is 0 Å². The highest BCUT2D eigenvalue weighted by Gasteiger charge is 2.51. The molecule has 0 amide bonds. The molecule has 1 aromatic rings. The molecular formula is C18H31BO2Si. The van der Waals surface area contributed by atoms with Crippen LogP contribution in [-0.2, 0) is 9.31 Å². The smallest absolute Gasteiger partial charge is 0.399 e. The highest BCUT2D eigenvalue weighted by Crippen LogP contribution is 2.36. The summed E-state index contributed by atoms with van der Waals surface area (Å²) in [7, 11) is -1.54. The number of rotatable bonds is 5. The van der Waals surface area contributed by atoms with Crippen molar-refractivity contribution in [3.63, 3.8) is 0 Å². The van der Waals surface area contributed by atoms with Crippen LogP contribution in [0.15, 0.2) is 24.3 Å². The van der Waals surface area contributed by atoms with Gasteiger partial charge in [0.25, 0.3) is 0 Å². The SMILES string of the molecule is CC[Si](CC)(CC)c1ccc(B2OC(C)(C)C(C)(C)O2)cc1. The maximum Gasteiger partial charge on any atom is 0.494 e. The van der Waals surface area contributed by atoms with Crippen molar-refractivity contribution in [3.8, 4) is 0 Å². The number of benzene rings is 1. The van der Waals surface area contributed by atoms with Crippen LogP contribution in [0.4, 0.5) is 0 Å². The van der Waals surface area contributed by atoms with E-state index in [1.807, 2.05) is 0 Å². The van der Waals surface area contributed by atoms with Crippen LogP contribution in [0.3, 0.4) is 0 Å². The Kier molecular flexibility index (Phi) is 4.96. The van der Waals surface area contributed by atoms with Crippen LogP contribution in [0.25, 0.3) is 0 Å². The predicted molar refractivity (Wildman–Crippen MR) is 99.0 cm³/mol. The van der Waals surface area contributed by atoms with Gasteiger partial charge in [0.15, 0.2) is 0 Å². The highest BCUT2D eigenvalue weighted by atomic mass is 28.3. The van der Waals surface area contributed by atoms with E-state index in [9.17, 15) is 0 Å². The van der Waals surface area contributed by atoms with E-state index < -0.39 is 8.07 Å². The minimum Gasteiger partial charge on any atom is -0.399 e. The fourth-order valence-electron chi connectivity index (χ4n) is 3.34. The van der Waals surface area contributed by atoms with Gasteiger partial charge in [-0.2, -0.15) is 0 Å². The third-order valence-electron chi connectivity index (χ3n) is 6.08. The molecule has 0 atom stereocenters. The molecule has 0 unspecified atom stereocenters. The zero-order valence-electron chi connectivity index (χ0n) is 15.3. The van der Waals surface area contributed by atoms with E-state index in [2.05, 4.69) is 72.7 Å². The van der Waals surface area contributed by atoms with Crippen LogP contribution in [0.5, 0.6) is 0 Å². The molecule has 0 radical (unpaired) electrons. The molecule has 0 saturated carbocycles. The summed E-state index contributed by atoms with van der Waals surface area (Å²) >= 11 is 0. The van der Waals surface area contributed by atoms with E-state index in [1.165, 1.54) is 18.1 Å². The lowest BCUT2D eigenvalue weighted by Crippen LogP contribution is -2.46. The van der Waals surface area contributed by atoms with Crippen molar-refractivity contribution >= 4 is 25.8 Å². The minimum atomic E-state index is -1.29. The minimum absolute atomic E-state index is 0.250. The molecule has 0 aromatic heterocycles. The van der Waals surface area contributed by atoms with Crippen molar-refractivity contribution < 1.29 is 9.31 Å². The van der Waals surface area contributed by atoms with E-state index in [1.54, 1.807) is 5.19 Å². The molecule has 22 heavy (non-hydrogen) atoms. The molecule has 1 heterocycles. The molecule has 0 bridgehead atoms. The van der Waals surface area contributed by atoms with Gasteiger partial charge >= 0.3 is 7.12 Å². The van der Waals surface area contributed by atoms with Gasteiger partial charge in [0.1, 0.15) is 0 Å². The van der Waals surface area contributed by atoms with Crippen LogP contribution in [-0.4, -0.2) is 26.4 Å². The van der Waals surface area contributed by atoms with E-state index in [0.717, 1.165) is 5.46 Å². The molecule has 0 spiro atoms. The Morgan fingerprint density at radius 1 is 0.818 bits per heavy atom. The fourth-order valence-corrected chi connectivity index (χ4v) is 6.93. The average molecular weight is 318 g/mol. The Balaban J connectivity index is 2.24. The summed E-state index contributed by atoms with van der Waals surface area (Å²) in [5.41, 5.74) is 0.588. The molecule has 122 valence electrons. The van der Waals surface area contributed by atoms with Crippen molar-refractivity contribution in [2.45, 2.75) is 77.8 Å². The van der Waals surface area contributed by atoms with Gasteiger partial charge in [-0.25, -0.2) is 0 Å². The molecule has 0 aliphatic carbocycles. The Morgan fingerprint density at radius 3 is 1.59 bits per heavy atom. The van der Waals surface area contributed by atoms with Gasteiger partial charge in [-0.15, -0.1) is 0 Å². The van der Waals surface area contributed by atoms with Crippen LogP contribution < -0.4 is 10.6 Å². The van der Waals surface area contributed by atoms with Crippen molar-refractivity contribution in [1.82, 2.24) is 0 Å². The molecule has 1 aromatic carbocycles. The van der Waals surface area contributed by atoms with Crippen molar-refractivity contribution in [3.05, 3.63) is 24.3 Å². The summed E-state index contributed by atoms with van der Waals surface area (Å²) in [6.45, 7) is 15.5. The third-order valence-corrected chi connectivity index (χ3v) is 11.7. The summed E-state index contributed by atoms with van der Waals surface area (Å²) in [6.07, 6.45) is 0. The normalized spacial score (nSPS) is 20.4. The molecule has 4 heteroatoms. The topological polar surface area (TPSA) is 18.5 Å². The summed E-state index contributed by atoms with van der Waals surface area (Å²) in [5.74, 6) is 0. The average Bonchev–Trinajstić information content (AvgIpc) is 2.71. The second-order valence-corrected chi connectivity index (χ2v) is 12.8. The van der Waals surface area contributed by atoms with Crippen LogP contribution in [0.1, 0.15) is 48.5 Å². The van der Waals surface area contributed by atoms with Crippen molar-refractivity contribution in [1.29, 1.82) is 0 Å². The third kappa shape index (κ3) is 2.93. The summed E-state index contributed by atoms with van der Waals surface area (Å²) < 4.78 is 12.3. The first-order valence-electron chi connectivity index (χ1n) is 8.67.